The molecule has 168 valence electrons. The molecule has 1 aromatic heterocycles. The van der Waals surface area contributed by atoms with Gasteiger partial charge in [0.05, 0.1) is 15.1 Å². The van der Waals surface area contributed by atoms with Crippen molar-refractivity contribution >= 4 is 43.2 Å². The molecular weight excluding hydrogens is 461 g/mol. The number of anilines is 1. The lowest BCUT2D eigenvalue weighted by Crippen LogP contribution is -2.43. The average Bonchev–Trinajstić information content (AvgIpc) is 3.48. The van der Waals surface area contributed by atoms with Crippen LogP contribution in [0.3, 0.4) is 0 Å². The maximum absolute atomic E-state index is 13.2. The van der Waals surface area contributed by atoms with Gasteiger partial charge in [-0.15, -0.1) is 11.3 Å². The summed E-state index contributed by atoms with van der Waals surface area (Å²) in [4.78, 5) is 17.6. The Hall–Kier alpha value is -3.14. The van der Waals surface area contributed by atoms with Crippen molar-refractivity contribution in [2.24, 2.45) is 0 Å². The summed E-state index contributed by atoms with van der Waals surface area (Å²) < 4.78 is 41.5. The third-order valence-corrected chi connectivity index (χ3v) is 8.63. The number of amides is 1. The lowest BCUT2D eigenvalue weighted by atomic mass is 10.2. The fraction of sp³-hybridized carbons (Fsp3) is 0.167. The van der Waals surface area contributed by atoms with Crippen molar-refractivity contribution < 1.29 is 17.6 Å². The van der Waals surface area contributed by atoms with E-state index in [1.165, 1.54) is 16.4 Å². The second-order valence-electron chi connectivity index (χ2n) is 7.78. The van der Waals surface area contributed by atoms with Gasteiger partial charge in [-0.1, -0.05) is 12.1 Å². The molecule has 9 heteroatoms. The van der Waals surface area contributed by atoms with E-state index < -0.39 is 21.9 Å². The smallest absolute Gasteiger partial charge is 0.243 e. The van der Waals surface area contributed by atoms with E-state index in [1.54, 1.807) is 23.5 Å². The van der Waals surface area contributed by atoms with Gasteiger partial charge < -0.3 is 5.32 Å². The molecule has 1 aliphatic rings. The number of hydrogen-bond donors (Lipinski definition) is 1. The van der Waals surface area contributed by atoms with Crippen LogP contribution < -0.4 is 5.32 Å². The predicted octanol–water partition coefficient (Wildman–Crippen LogP) is 4.89. The van der Waals surface area contributed by atoms with Crippen LogP contribution in [0.4, 0.5) is 10.1 Å². The highest BCUT2D eigenvalue weighted by Crippen LogP contribution is 2.31. The summed E-state index contributed by atoms with van der Waals surface area (Å²) in [6, 6.07) is 19.1. The van der Waals surface area contributed by atoms with Gasteiger partial charge >= 0.3 is 0 Å². The molecule has 33 heavy (non-hydrogen) atoms. The number of benzene rings is 3. The fourth-order valence-electron chi connectivity index (χ4n) is 3.95. The highest BCUT2D eigenvalue weighted by molar-refractivity contribution is 7.89. The van der Waals surface area contributed by atoms with Crippen LogP contribution in [0.5, 0.6) is 0 Å². The maximum atomic E-state index is 13.2. The second-order valence-corrected chi connectivity index (χ2v) is 10.7. The SMILES string of the molecule is O=C(Nc1ccc(-c2nc3ccccc3s2)cc1)C1CCCN1S(=O)(=O)c1ccc(F)cc1. The molecule has 0 aliphatic carbocycles. The van der Waals surface area contributed by atoms with Crippen LogP contribution in [-0.4, -0.2) is 36.2 Å². The van der Waals surface area contributed by atoms with Crippen molar-refractivity contribution in [3.05, 3.63) is 78.6 Å². The Morgan fingerprint density at radius 2 is 1.76 bits per heavy atom. The standard InChI is InChI=1S/C24H20FN3O3S2/c25-17-9-13-19(14-10-17)33(30,31)28-15-3-5-21(28)23(29)26-18-11-7-16(8-12-18)24-27-20-4-1-2-6-22(20)32-24/h1-2,4,6-14,21H,3,5,15H2,(H,26,29). The van der Waals surface area contributed by atoms with Gasteiger partial charge in [-0.3, -0.25) is 4.79 Å². The molecule has 2 heterocycles. The molecule has 0 saturated carbocycles. The van der Waals surface area contributed by atoms with Gasteiger partial charge in [-0.25, -0.2) is 17.8 Å². The van der Waals surface area contributed by atoms with Crippen molar-refractivity contribution in [3.63, 3.8) is 0 Å². The van der Waals surface area contributed by atoms with Crippen LogP contribution in [0.2, 0.25) is 0 Å². The molecule has 0 bridgehead atoms. The maximum Gasteiger partial charge on any atom is 0.243 e. The van der Waals surface area contributed by atoms with Crippen molar-refractivity contribution in [1.82, 2.24) is 9.29 Å². The molecule has 0 spiro atoms. The van der Waals surface area contributed by atoms with E-state index in [1.807, 2.05) is 36.4 Å². The van der Waals surface area contributed by atoms with E-state index in [4.69, 9.17) is 0 Å². The van der Waals surface area contributed by atoms with Crippen LogP contribution in [0.1, 0.15) is 12.8 Å². The monoisotopic (exact) mass is 481 g/mol. The van der Waals surface area contributed by atoms with E-state index >= 15 is 0 Å². The third-order valence-electron chi connectivity index (χ3n) is 5.62. The Labute approximate surface area is 194 Å². The molecule has 1 saturated heterocycles. The Kier molecular flexibility index (Phi) is 5.69. The van der Waals surface area contributed by atoms with Gasteiger partial charge in [0.1, 0.15) is 16.9 Å². The average molecular weight is 482 g/mol. The van der Waals surface area contributed by atoms with Gasteiger partial charge in [0, 0.05) is 17.8 Å². The van der Waals surface area contributed by atoms with Crippen molar-refractivity contribution in [3.8, 4) is 10.6 Å². The molecule has 0 radical (unpaired) electrons. The van der Waals surface area contributed by atoms with E-state index in [-0.39, 0.29) is 17.3 Å². The minimum Gasteiger partial charge on any atom is -0.325 e. The van der Waals surface area contributed by atoms with Crippen molar-refractivity contribution in [2.45, 2.75) is 23.8 Å². The number of fused-ring (bicyclic) bond motifs is 1. The van der Waals surface area contributed by atoms with Gasteiger partial charge in [0.25, 0.3) is 0 Å². The second kappa shape index (κ2) is 8.66. The quantitative estimate of drug-likeness (QED) is 0.440. The minimum atomic E-state index is -3.90. The van der Waals surface area contributed by atoms with E-state index in [0.29, 0.717) is 18.5 Å². The first-order chi connectivity index (χ1) is 15.9. The number of nitrogens with one attached hydrogen (secondary N) is 1. The largest absolute Gasteiger partial charge is 0.325 e. The molecule has 1 unspecified atom stereocenters. The number of nitrogens with zero attached hydrogens (tertiary/aromatic N) is 2. The summed E-state index contributed by atoms with van der Waals surface area (Å²) in [5.74, 6) is -0.898. The number of rotatable bonds is 5. The summed E-state index contributed by atoms with van der Waals surface area (Å²) in [5.41, 5.74) is 2.46. The Bertz CT molecular complexity index is 1380. The Balaban J connectivity index is 1.32. The first-order valence-corrected chi connectivity index (χ1v) is 12.7. The third kappa shape index (κ3) is 4.27. The first-order valence-electron chi connectivity index (χ1n) is 10.5. The van der Waals surface area contributed by atoms with Gasteiger partial charge in [0.2, 0.25) is 15.9 Å². The number of halogens is 1. The van der Waals surface area contributed by atoms with Gasteiger partial charge in [-0.05, 0) is 73.5 Å². The lowest BCUT2D eigenvalue weighted by molar-refractivity contribution is -0.119. The number of sulfonamides is 1. The molecule has 5 rings (SSSR count). The highest BCUT2D eigenvalue weighted by atomic mass is 32.2. The molecule has 1 N–H and O–H groups in total. The molecule has 6 nitrogen and oxygen atoms in total. The Morgan fingerprint density at radius 1 is 1.03 bits per heavy atom. The number of carbonyl (C=O) groups is 1. The van der Waals surface area contributed by atoms with Crippen LogP contribution in [0.25, 0.3) is 20.8 Å². The van der Waals surface area contributed by atoms with Crippen LogP contribution in [0, 0.1) is 5.82 Å². The van der Waals surface area contributed by atoms with Crippen molar-refractivity contribution in [1.29, 1.82) is 0 Å². The van der Waals surface area contributed by atoms with Crippen molar-refractivity contribution in [2.75, 3.05) is 11.9 Å². The molecule has 1 amide bonds. The number of thiazole rings is 1. The predicted molar refractivity (Wildman–Crippen MR) is 127 cm³/mol. The molecule has 1 fully saturated rings. The molecule has 4 aromatic rings. The molecular formula is C24H20FN3O3S2. The molecule has 1 aliphatic heterocycles. The van der Waals surface area contributed by atoms with Crippen LogP contribution in [-0.2, 0) is 14.8 Å². The molecule has 3 aromatic carbocycles. The van der Waals surface area contributed by atoms with E-state index in [9.17, 15) is 17.6 Å². The lowest BCUT2D eigenvalue weighted by Gasteiger charge is -2.23. The normalized spacial score (nSPS) is 16.8. The zero-order valence-electron chi connectivity index (χ0n) is 17.4. The summed E-state index contributed by atoms with van der Waals surface area (Å²) in [6.07, 6.45) is 1.01. The van der Waals surface area contributed by atoms with Gasteiger partial charge in [-0.2, -0.15) is 4.31 Å². The first kappa shape index (κ1) is 21.7. The topological polar surface area (TPSA) is 79.4 Å². The van der Waals surface area contributed by atoms with Crippen LogP contribution in [0.15, 0.2) is 77.7 Å². The fourth-order valence-corrected chi connectivity index (χ4v) is 6.58. The van der Waals surface area contributed by atoms with E-state index in [2.05, 4.69) is 10.3 Å². The zero-order chi connectivity index (χ0) is 23.0. The number of hydrogen-bond acceptors (Lipinski definition) is 5. The highest BCUT2D eigenvalue weighted by Gasteiger charge is 2.39. The number of aromatic nitrogens is 1. The summed E-state index contributed by atoms with van der Waals surface area (Å²) >= 11 is 1.60. The zero-order valence-corrected chi connectivity index (χ0v) is 19.1. The number of carbonyl (C=O) groups excluding carboxylic acids is 1. The summed E-state index contributed by atoms with van der Waals surface area (Å²) in [5, 5.41) is 3.72. The van der Waals surface area contributed by atoms with Crippen LogP contribution >= 0.6 is 11.3 Å². The van der Waals surface area contributed by atoms with E-state index in [0.717, 1.165) is 32.9 Å². The van der Waals surface area contributed by atoms with Gasteiger partial charge in [0.15, 0.2) is 0 Å². The number of para-hydroxylation sites is 1. The Morgan fingerprint density at radius 3 is 2.48 bits per heavy atom. The summed E-state index contributed by atoms with van der Waals surface area (Å²) in [6.45, 7) is 0.244. The summed E-state index contributed by atoms with van der Waals surface area (Å²) in [7, 11) is -3.90. The minimum absolute atomic E-state index is 0.0243. The molecule has 1 atom stereocenters.